The molecule has 0 radical (unpaired) electrons. The average Bonchev–Trinajstić information content (AvgIpc) is 3.00. The number of ether oxygens (including phenoxy) is 4. The molecule has 0 saturated heterocycles. The summed E-state index contributed by atoms with van der Waals surface area (Å²) in [6, 6.07) is 31.7. The van der Waals surface area contributed by atoms with Gasteiger partial charge in [0.2, 0.25) is 0 Å². The Morgan fingerprint density at radius 2 is 1.48 bits per heavy atom. The maximum absolute atomic E-state index is 12.6. The zero-order chi connectivity index (χ0) is 28.2. The molecule has 0 atom stereocenters. The van der Waals surface area contributed by atoms with Crippen LogP contribution in [0.25, 0.3) is 6.08 Å². The van der Waals surface area contributed by atoms with E-state index in [9.17, 15) is 10.1 Å². The first kappa shape index (κ1) is 27.8. The second-order valence-electron chi connectivity index (χ2n) is 8.70. The van der Waals surface area contributed by atoms with Crippen molar-refractivity contribution >= 4 is 17.7 Å². The maximum atomic E-state index is 12.6. The maximum Gasteiger partial charge on any atom is 0.266 e. The molecule has 7 heteroatoms. The normalized spacial score (nSPS) is 10.8. The number of carbonyl (C=O) groups excluding carboxylic acids is 1. The fraction of sp³-hybridized carbons (Fsp3) is 0.152. The van der Waals surface area contributed by atoms with Crippen LogP contribution in [0.1, 0.15) is 23.6 Å². The van der Waals surface area contributed by atoms with Gasteiger partial charge in [0.15, 0.2) is 11.5 Å². The van der Waals surface area contributed by atoms with Gasteiger partial charge in [0, 0.05) is 5.69 Å². The van der Waals surface area contributed by atoms with Crippen LogP contribution in [-0.4, -0.2) is 19.6 Å². The lowest BCUT2D eigenvalue weighted by Crippen LogP contribution is -2.13. The molecular formula is C33H30N2O5. The smallest absolute Gasteiger partial charge is 0.266 e. The van der Waals surface area contributed by atoms with Gasteiger partial charge in [0.1, 0.15) is 36.4 Å². The lowest BCUT2D eigenvalue weighted by Gasteiger charge is -2.13. The summed E-state index contributed by atoms with van der Waals surface area (Å²) in [5, 5.41) is 12.3. The minimum Gasteiger partial charge on any atom is -0.494 e. The van der Waals surface area contributed by atoms with Gasteiger partial charge in [0.05, 0.1) is 13.7 Å². The fourth-order valence-corrected chi connectivity index (χ4v) is 3.80. The number of methoxy groups -OCH3 is 1. The molecule has 4 aromatic carbocycles. The number of nitrogens with zero attached hydrogens (tertiary/aromatic N) is 1. The van der Waals surface area contributed by atoms with Crippen LogP contribution in [-0.2, 0) is 18.0 Å². The quantitative estimate of drug-likeness (QED) is 0.159. The lowest BCUT2D eigenvalue weighted by atomic mass is 10.1. The van der Waals surface area contributed by atoms with Crippen LogP contribution in [0.2, 0.25) is 0 Å². The zero-order valence-electron chi connectivity index (χ0n) is 22.4. The highest BCUT2D eigenvalue weighted by Gasteiger charge is 2.11. The Balaban J connectivity index is 1.33. The molecule has 1 N–H and O–H groups in total. The number of hydrogen-bond donors (Lipinski definition) is 1. The zero-order valence-corrected chi connectivity index (χ0v) is 22.4. The first-order chi connectivity index (χ1) is 19.6. The third-order valence-electron chi connectivity index (χ3n) is 5.85. The van der Waals surface area contributed by atoms with Gasteiger partial charge in [-0.25, -0.2) is 0 Å². The van der Waals surface area contributed by atoms with Gasteiger partial charge in [-0.05, 0) is 78.2 Å². The number of rotatable bonds is 12. The van der Waals surface area contributed by atoms with Crippen LogP contribution < -0.4 is 24.3 Å². The SMILES string of the molecule is CCOc1ccc(NC(=O)/C(C#N)=C/c2ccc(OCc3ccc(OCc4ccccc4)c(OC)c3)cc2)cc1. The third-order valence-corrected chi connectivity index (χ3v) is 5.85. The van der Waals surface area contributed by atoms with E-state index < -0.39 is 5.91 Å². The van der Waals surface area contributed by atoms with Crippen LogP contribution >= 0.6 is 0 Å². The van der Waals surface area contributed by atoms with E-state index in [1.165, 1.54) is 6.08 Å². The Kier molecular flexibility index (Phi) is 9.78. The van der Waals surface area contributed by atoms with E-state index in [-0.39, 0.29) is 5.57 Å². The molecule has 4 aromatic rings. The summed E-state index contributed by atoms with van der Waals surface area (Å²) in [5.41, 5.74) is 3.26. The summed E-state index contributed by atoms with van der Waals surface area (Å²) < 4.78 is 22.8. The Hall–Kier alpha value is -5.22. The van der Waals surface area contributed by atoms with Gasteiger partial charge in [-0.15, -0.1) is 0 Å². The molecule has 0 spiro atoms. The van der Waals surface area contributed by atoms with E-state index in [0.717, 1.165) is 11.1 Å². The predicted molar refractivity (Wildman–Crippen MR) is 154 cm³/mol. The average molecular weight is 535 g/mol. The highest BCUT2D eigenvalue weighted by atomic mass is 16.5. The summed E-state index contributed by atoms with van der Waals surface area (Å²) in [4.78, 5) is 12.6. The monoisotopic (exact) mass is 534 g/mol. The number of benzene rings is 4. The van der Waals surface area contributed by atoms with Gasteiger partial charge >= 0.3 is 0 Å². The molecule has 40 heavy (non-hydrogen) atoms. The molecule has 0 aliphatic heterocycles. The summed E-state index contributed by atoms with van der Waals surface area (Å²) in [6.07, 6.45) is 1.53. The Morgan fingerprint density at radius 1 is 0.800 bits per heavy atom. The molecule has 0 aliphatic carbocycles. The summed E-state index contributed by atoms with van der Waals surface area (Å²) in [7, 11) is 1.61. The first-order valence-electron chi connectivity index (χ1n) is 12.8. The van der Waals surface area contributed by atoms with Crippen molar-refractivity contribution < 1.29 is 23.7 Å². The largest absolute Gasteiger partial charge is 0.494 e. The molecule has 0 aliphatic rings. The van der Waals surface area contributed by atoms with Crippen molar-refractivity contribution in [1.29, 1.82) is 5.26 Å². The van der Waals surface area contributed by atoms with Crippen molar-refractivity contribution in [3.8, 4) is 29.1 Å². The molecule has 1 amide bonds. The van der Waals surface area contributed by atoms with Crippen molar-refractivity contribution in [2.75, 3.05) is 19.0 Å². The van der Waals surface area contributed by atoms with E-state index in [0.29, 0.717) is 54.1 Å². The highest BCUT2D eigenvalue weighted by Crippen LogP contribution is 2.29. The number of nitriles is 1. The number of anilines is 1. The Morgan fingerprint density at radius 3 is 2.15 bits per heavy atom. The Labute approximate surface area is 234 Å². The van der Waals surface area contributed by atoms with Gasteiger partial charge in [0.25, 0.3) is 5.91 Å². The second-order valence-corrected chi connectivity index (χ2v) is 8.70. The van der Waals surface area contributed by atoms with Crippen LogP contribution in [0.3, 0.4) is 0 Å². The molecule has 0 saturated carbocycles. The fourth-order valence-electron chi connectivity index (χ4n) is 3.80. The van der Waals surface area contributed by atoms with Crippen molar-refractivity contribution in [3.05, 3.63) is 119 Å². The van der Waals surface area contributed by atoms with E-state index in [1.54, 1.807) is 55.6 Å². The van der Waals surface area contributed by atoms with E-state index in [2.05, 4.69) is 5.32 Å². The van der Waals surface area contributed by atoms with E-state index in [1.807, 2.05) is 61.5 Å². The minimum absolute atomic E-state index is 0.00998. The van der Waals surface area contributed by atoms with Crippen LogP contribution in [0, 0.1) is 11.3 Å². The summed E-state index contributed by atoms with van der Waals surface area (Å²) in [6.45, 7) is 3.24. The van der Waals surface area contributed by atoms with Gasteiger partial charge < -0.3 is 24.3 Å². The first-order valence-corrected chi connectivity index (χ1v) is 12.8. The summed E-state index contributed by atoms with van der Waals surface area (Å²) >= 11 is 0. The number of carbonyl (C=O) groups is 1. The number of hydrogen-bond acceptors (Lipinski definition) is 6. The van der Waals surface area contributed by atoms with Crippen molar-refractivity contribution in [1.82, 2.24) is 0 Å². The van der Waals surface area contributed by atoms with E-state index >= 15 is 0 Å². The number of nitrogens with one attached hydrogen (secondary N) is 1. The minimum atomic E-state index is -0.489. The molecular weight excluding hydrogens is 504 g/mol. The summed E-state index contributed by atoms with van der Waals surface area (Å²) in [5.74, 6) is 2.16. The topological polar surface area (TPSA) is 89.8 Å². The molecule has 4 rings (SSSR count). The van der Waals surface area contributed by atoms with Crippen LogP contribution in [0.4, 0.5) is 5.69 Å². The second kappa shape index (κ2) is 14.1. The molecule has 7 nitrogen and oxygen atoms in total. The molecule has 202 valence electrons. The highest BCUT2D eigenvalue weighted by molar-refractivity contribution is 6.09. The van der Waals surface area contributed by atoms with Crippen LogP contribution in [0.15, 0.2) is 103 Å². The molecule has 0 bridgehead atoms. The van der Waals surface area contributed by atoms with Crippen LogP contribution in [0.5, 0.6) is 23.0 Å². The predicted octanol–water partition coefficient (Wildman–Crippen LogP) is 6.80. The number of amides is 1. The van der Waals surface area contributed by atoms with Gasteiger partial charge in [-0.1, -0.05) is 48.5 Å². The van der Waals surface area contributed by atoms with Crippen molar-refractivity contribution in [2.24, 2.45) is 0 Å². The lowest BCUT2D eigenvalue weighted by molar-refractivity contribution is -0.112. The standard InChI is InChI=1S/C33H30N2O5/c1-3-38-29-16-12-28(13-17-29)35-33(36)27(21-34)19-24-9-14-30(15-10-24)39-23-26-11-18-31(32(20-26)37-2)40-22-25-7-5-4-6-8-25/h4-20H,3,22-23H2,1-2H3,(H,35,36)/b27-19+. The van der Waals surface area contributed by atoms with Crippen molar-refractivity contribution in [3.63, 3.8) is 0 Å². The molecule has 0 aromatic heterocycles. The van der Waals surface area contributed by atoms with Gasteiger partial charge in [-0.2, -0.15) is 5.26 Å². The third kappa shape index (κ3) is 7.89. The molecule has 0 unspecified atom stereocenters. The van der Waals surface area contributed by atoms with Gasteiger partial charge in [-0.3, -0.25) is 4.79 Å². The molecule has 0 fully saturated rings. The Bertz CT molecular complexity index is 1470. The van der Waals surface area contributed by atoms with Crippen molar-refractivity contribution in [2.45, 2.75) is 20.1 Å². The van der Waals surface area contributed by atoms with E-state index in [4.69, 9.17) is 18.9 Å². The molecule has 0 heterocycles.